The standard InChI is InChI=1S/C24H31N3O3.Au/c1-5-6-9-14-30-22(28)13-12-17-15-18(24(2,3)4)23(29)21(16-17)27-25-19-10-7-8-11-20(19)26-27;/h7-8,10-11,15-16,29H,5-6,9,12-14H2,1-4H3;. The van der Waals surface area contributed by atoms with E-state index in [0.29, 0.717) is 25.1 Å². The van der Waals surface area contributed by atoms with E-state index < -0.39 is 0 Å². The van der Waals surface area contributed by atoms with Gasteiger partial charge in [0, 0.05) is 34.4 Å². The number of hydrogen-bond acceptors (Lipinski definition) is 5. The first-order valence-corrected chi connectivity index (χ1v) is 10.6. The third-order valence-corrected chi connectivity index (χ3v) is 5.09. The van der Waals surface area contributed by atoms with Crippen LogP contribution in [0, 0.1) is 0 Å². The van der Waals surface area contributed by atoms with Gasteiger partial charge in [-0.25, -0.2) is 0 Å². The molecule has 0 saturated carbocycles. The topological polar surface area (TPSA) is 77.2 Å². The number of ether oxygens (including phenoxy) is 1. The zero-order chi connectivity index (χ0) is 21.7. The molecule has 31 heavy (non-hydrogen) atoms. The van der Waals surface area contributed by atoms with E-state index in [1.54, 1.807) is 0 Å². The number of benzene rings is 2. The van der Waals surface area contributed by atoms with Gasteiger partial charge >= 0.3 is 5.97 Å². The normalized spacial score (nSPS) is 11.4. The summed E-state index contributed by atoms with van der Waals surface area (Å²) in [5.41, 5.74) is 3.50. The molecular formula is C24H31AuN3O3. The van der Waals surface area contributed by atoms with Crippen molar-refractivity contribution in [1.82, 2.24) is 15.0 Å². The van der Waals surface area contributed by atoms with Crippen molar-refractivity contribution in [2.75, 3.05) is 6.61 Å². The molecule has 7 heteroatoms. The molecule has 1 radical (unpaired) electrons. The van der Waals surface area contributed by atoms with Crippen LogP contribution in [0.15, 0.2) is 36.4 Å². The molecule has 6 nitrogen and oxygen atoms in total. The fraction of sp³-hybridized carbons (Fsp3) is 0.458. The largest absolute Gasteiger partial charge is 0.505 e. The van der Waals surface area contributed by atoms with Crippen molar-refractivity contribution in [3.63, 3.8) is 0 Å². The second kappa shape index (κ2) is 10.9. The second-order valence-corrected chi connectivity index (χ2v) is 8.67. The minimum atomic E-state index is -0.276. The van der Waals surface area contributed by atoms with Crippen LogP contribution in [-0.4, -0.2) is 32.7 Å². The number of nitrogens with zero attached hydrogens (tertiary/aromatic N) is 3. The van der Waals surface area contributed by atoms with Crippen LogP contribution in [0.4, 0.5) is 0 Å². The molecule has 3 rings (SSSR count). The maximum atomic E-state index is 12.1. The smallest absolute Gasteiger partial charge is 0.306 e. The minimum absolute atomic E-state index is 0. The number of phenols is 1. The molecule has 0 spiro atoms. The first kappa shape index (κ1) is 25.1. The second-order valence-electron chi connectivity index (χ2n) is 8.67. The van der Waals surface area contributed by atoms with Crippen molar-refractivity contribution in [3.05, 3.63) is 47.5 Å². The van der Waals surface area contributed by atoms with E-state index in [0.717, 1.165) is 41.4 Å². The molecule has 171 valence electrons. The van der Waals surface area contributed by atoms with Crippen LogP contribution >= 0.6 is 0 Å². The van der Waals surface area contributed by atoms with Gasteiger partial charge in [-0.3, -0.25) is 4.79 Å². The van der Waals surface area contributed by atoms with E-state index in [4.69, 9.17) is 4.74 Å². The summed E-state index contributed by atoms with van der Waals surface area (Å²) in [6.07, 6.45) is 3.89. The van der Waals surface area contributed by atoms with Gasteiger partial charge in [0.15, 0.2) is 0 Å². The molecule has 0 aliphatic carbocycles. The Morgan fingerprint density at radius 1 is 1.10 bits per heavy atom. The van der Waals surface area contributed by atoms with Crippen molar-refractivity contribution in [2.45, 2.75) is 65.2 Å². The summed E-state index contributed by atoms with van der Waals surface area (Å²) in [4.78, 5) is 13.6. The van der Waals surface area contributed by atoms with Crippen LogP contribution in [0.5, 0.6) is 5.75 Å². The summed E-state index contributed by atoms with van der Waals surface area (Å²) in [6, 6.07) is 11.4. The van der Waals surface area contributed by atoms with Crippen molar-refractivity contribution in [1.29, 1.82) is 0 Å². The number of aryl methyl sites for hydroxylation is 1. The van der Waals surface area contributed by atoms with Crippen LogP contribution in [0.2, 0.25) is 0 Å². The molecule has 2 aromatic carbocycles. The predicted octanol–water partition coefficient (Wildman–Crippen LogP) is 5.09. The summed E-state index contributed by atoms with van der Waals surface area (Å²) < 4.78 is 5.32. The van der Waals surface area contributed by atoms with Crippen molar-refractivity contribution >= 4 is 17.0 Å². The Labute approximate surface area is 199 Å². The Hall–Kier alpha value is -2.15. The van der Waals surface area contributed by atoms with Gasteiger partial charge in [-0.05, 0) is 42.0 Å². The first-order valence-electron chi connectivity index (χ1n) is 10.6. The number of rotatable bonds is 8. The van der Waals surface area contributed by atoms with E-state index in [-0.39, 0.29) is 39.5 Å². The fourth-order valence-corrected chi connectivity index (χ4v) is 3.37. The maximum absolute atomic E-state index is 12.1. The zero-order valence-corrected chi connectivity index (χ0v) is 20.8. The fourth-order valence-electron chi connectivity index (χ4n) is 3.37. The third kappa shape index (κ3) is 6.42. The number of carbonyl (C=O) groups excluding carboxylic acids is 1. The number of phenolic OH excluding ortho intramolecular Hbond substituents is 1. The van der Waals surface area contributed by atoms with Crippen LogP contribution in [0.3, 0.4) is 0 Å². The van der Waals surface area contributed by atoms with Gasteiger partial charge in [-0.15, -0.1) is 15.0 Å². The number of aromatic hydroxyl groups is 1. The van der Waals surface area contributed by atoms with E-state index >= 15 is 0 Å². The third-order valence-electron chi connectivity index (χ3n) is 5.09. The summed E-state index contributed by atoms with van der Waals surface area (Å²) in [5.74, 6) is -0.0327. The molecule has 1 N–H and O–H groups in total. The van der Waals surface area contributed by atoms with Crippen LogP contribution < -0.4 is 0 Å². The summed E-state index contributed by atoms with van der Waals surface area (Å²) in [5, 5.41) is 20.0. The number of fused-ring (bicyclic) bond motifs is 1. The summed E-state index contributed by atoms with van der Waals surface area (Å²) >= 11 is 0. The molecule has 0 amide bonds. The van der Waals surface area contributed by atoms with Gasteiger partial charge in [-0.2, -0.15) is 0 Å². The van der Waals surface area contributed by atoms with Crippen molar-refractivity contribution < 1.29 is 37.0 Å². The van der Waals surface area contributed by atoms with Gasteiger partial charge in [0.2, 0.25) is 0 Å². The Kier molecular flexibility index (Phi) is 8.86. The number of aromatic nitrogens is 3. The number of carbonyl (C=O) groups is 1. The SMILES string of the molecule is CCCCCOC(=O)CCc1cc(-n2nc3ccccc3n2)c(O)c(C(C)(C)C)c1.[Au]. The van der Waals surface area contributed by atoms with E-state index in [2.05, 4.69) is 17.1 Å². The molecule has 0 unspecified atom stereocenters. The molecular weight excluding hydrogens is 575 g/mol. The molecule has 0 bridgehead atoms. The average molecular weight is 606 g/mol. The van der Waals surface area contributed by atoms with E-state index in [1.165, 1.54) is 4.80 Å². The van der Waals surface area contributed by atoms with Gasteiger partial charge < -0.3 is 9.84 Å². The number of esters is 1. The first-order chi connectivity index (χ1) is 14.3. The Bertz CT molecular complexity index is 992. The molecule has 0 fully saturated rings. The minimum Gasteiger partial charge on any atom is -0.505 e. The molecule has 0 aliphatic heterocycles. The number of hydrogen-bond donors (Lipinski definition) is 1. The molecule has 0 atom stereocenters. The van der Waals surface area contributed by atoms with Gasteiger partial charge in [0.1, 0.15) is 22.5 Å². The Morgan fingerprint density at radius 3 is 2.32 bits per heavy atom. The molecule has 0 aliphatic rings. The van der Waals surface area contributed by atoms with Gasteiger partial charge in [-0.1, -0.05) is 58.7 Å². The summed E-state index contributed by atoms with van der Waals surface area (Å²) in [6.45, 7) is 8.74. The van der Waals surface area contributed by atoms with E-state index in [1.807, 2.05) is 57.2 Å². The maximum Gasteiger partial charge on any atom is 0.306 e. The molecule has 1 heterocycles. The predicted molar refractivity (Wildman–Crippen MR) is 118 cm³/mol. The average Bonchev–Trinajstić information content (AvgIpc) is 3.13. The zero-order valence-electron chi connectivity index (χ0n) is 18.6. The van der Waals surface area contributed by atoms with Crippen LogP contribution in [-0.2, 0) is 43.7 Å². The molecule has 0 saturated heterocycles. The monoisotopic (exact) mass is 606 g/mol. The number of unbranched alkanes of at least 4 members (excludes halogenated alkanes) is 2. The van der Waals surface area contributed by atoms with Crippen molar-refractivity contribution in [2.24, 2.45) is 0 Å². The quantitative estimate of drug-likeness (QED) is 0.220. The molecule has 1 aromatic heterocycles. The van der Waals surface area contributed by atoms with Gasteiger partial charge in [0.05, 0.1) is 6.61 Å². The van der Waals surface area contributed by atoms with Crippen molar-refractivity contribution in [3.8, 4) is 11.4 Å². The van der Waals surface area contributed by atoms with Gasteiger partial charge in [0.25, 0.3) is 0 Å². The van der Waals surface area contributed by atoms with Crippen LogP contribution in [0.1, 0.15) is 64.5 Å². The molecule has 3 aromatic rings. The van der Waals surface area contributed by atoms with Crippen LogP contribution in [0.25, 0.3) is 16.7 Å². The van der Waals surface area contributed by atoms with E-state index in [9.17, 15) is 9.90 Å². The Morgan fingerprint density at radius 2 is 1.74 bits per heavy atom. The summed E-state index contributed by atoms with van der Waals surface area (Å²) in [7, 11) is 0. The Balaban J connectivity index is 0.00000341.